The third-order valence-electron chi connectivity index (χ3n) is 3.24. The second kappa shape index (κ2) is 5.21. The van der Waals surface area contributed by atoms with E-state index in [1.54, 1.807) is 0 Å². The van der Waals surface area contributed by atoms with Crippen molar-refractivity contribution in [3.8, 4) is 5.75 Å². The van der Waals surface area contributed by atoms with Crippen molar-refractivity contribution >= 4 is 16.5 Å². The highest BCUT2D eigenvalue weighted by molar-refractivity contribution is 5.96. The lowest BCUT2D eigenvalue weighted by molar-refractivity contribution is 0.305. The Morgan fingerprint density at radius 2 is 1.75 bits per heavy atom. The molecular formula is C17H16N2O. The van der Waals surface area contributed by atoms with E-state index >= 15 is 0 Å². The number of fused-ring (bicyclic) bond motifs is 1. The Labute approximate surface area is 118 Å². The summed E-state index contributed by atoms with van der Waals surface area (Å²) in [6, 6.07) is 17.7. The van der Waals surface area contributed by atoms with Crippen molar-refractivity contribution in [3.05, 3.63) is 66.0 Å². The molecule has 1 heterocycles. The lowest BCUT2D eigenvalue weighted by Gasteiger charge is -2.10. The van der Waals surface area contributed by atoms with Crippen LogP contribution in [0.2, 0.25) is 0 Å². The van der Waals surface area contributed by atoms with Gasteiger partial charge in [-0.05, 0) is 31.2 Å². The van der Waals surface area contributed by atoms with Crippen LogP contribution in [0.5, 0.6) is 5.75 Å². The maximum absolute atomic E-state index is 5.98. The lowest BCUT2D eigenvalue weighted by atomic mass is 10.1. The second-order valence-electron chi connectivity index (χ2n) is 4.76. The van der Waals surface area contributed by atoms with Gasteiger partial charge in [-0.15, -0.1) is 0 Å². The molecule has 20 heavy (non-hydrogen) atoms. The first-order valence-electron chi connectivity index (χ1n) is 6.56. The van der Waals surface area contributed by atoms with E-state index in [4.69, 9.17) is 10.5 Å². The van der Waals surface area contributed by atoms with Gasteiger partial charge < -0.3 is 10.5 Å². The highest BCUT2D eigenvalue weighted by atomic mass is 16.5. The zero-order chi connectivity index (χ0) is 13.9. The first-order chi connectivity index (χ1) is 9.74. The summed E-state index contributed by atoms with van der Waals surface area (Å²) < 4.78 is 5.90. The molecule has 0 aliphatic heterocycles. The molecule has 0 spiro atoms. The third-order valence-corrected chi connectivity index (χ3v) is 3.24. The molecule has 1 aromatic heterocycles. The van der Waals surface area contributed by atoms with Gasteiger partial charge in [-0.25, -0.2) is 0 Å². The molecule has 2 N–H and O–H groups in total. The Bertz CT molecular complexity index is 753. The lowest BCUT2D eigenvalue weighted by Crippen LogP contribution is -2.00. The van der Waals surface area contributed by atoms with Crippen molar-refractivity contribution in [3.63, 3.8) is 0 Å². The van der Waals surface area contributed by atoms with Crippen LogP contribution in [0.3, 0.4) is 0 Å². The summed E-state index contributed by atoms with van der Waals surface area (Å²) in [4.78, 5) is 4.44. The van der Waals surface area contributed by atoms with E-state index < -0.39 is 0 Å². The minimum atomic E-state index is 0.454. The van der Waals surface area contributed by atoms with Crippen LogP contribution in [0, 0.1) is 6.92 Å². The number of benzene rings is 2. The minimum absolute atomic E-state index is 0.454. The largest absolute Gasteiger partial charge is 0.487 e. The number of aromatic nitrogens is 1. The molecule has 0 amide bonds. The molecule has 0 atom stereocenters. The average Bonchev–Trinajstić information content (AvgIpc) is 2.47. The Morgan fingerprint density at radius 3 is 2.55 bits per heavy atom. The number of nitrogens with zero attached hydrogens (tertiary/aromatic N) is 1. The van der Waals surface area contributed by atoms with Gasteiger partial charge in [0.1, 0.15) is 12.4 Å². The summed E-state index contributed by atoms with van der Waals surface area (Å²) in [5, 5.41) is 2.04. The first kappa shape index (κ1) is 12.5. The zero-order valence-electron chi connectivity index (χ0n) is 11.3. The first-order valence-corrected chi connectivity index (χ1v) is 6.56. The van der Waals surface area contributed by atoms with Crippen LogP contribution in [-0.4, -0.2) is 4.98 Å². The van der Waals surface area contributed by atoms with E-state index in [-0.39, 0.29) is 0 Å². The molecule has 0 fully saturated rings. The van der Waals surface area contributed by atoms with Crippen molar-refractivity contribution in [2.45, 2.75) is 13.5 Å². The number of aryl methyl sites for hydroxylation is 1. The normalized spacial score (nSPS) is 10.7. The van der Waals surface area contributed by atoms with E-state index in [1.807, 2.05) is 61.5 Å². The maximum atomic E-state index is 5.98. The molecular weight excluding hydrogens is 248 g/mol. The van der Waals surface area contributed by atoms with Gasteiger partial charge in [0.05, 0.1) is 5.69 Å². The fourth-order valence-electron chi connectivity index (χ4n) is 2.25. The minimum Gasteiger partial charge on any atom is -0.487 e. The van der Waals surface area contributed by atoms with Crippen LogP contribution in [0.15, 0.2) is 54.6 Å². The quantitative estimate of drug-likeness (QED) is 0.734. The van der Waals surface area contributed by atoms with Crippen LogP contribution < -0.4 is 10.5 Å². The van der Waals surface area contributed by atoms with Gasteiger partial charge in [0, 0.05) is 22.2 Å². The smallest absolute Gasteiger partial charge is 0.130 e. The molecule has 3 aromatic rings. The van der Waals surface area contributed by atoms with Gasteiger partial charge >= 0.3 is 0 Å². The van der Waals surface area contributed by atoms with Crippen LogP contribution in [0.4, 0.5) is 5.69 Å². The van der Waals surface area contributed by atoms with Gasteiger partial charge in [-0.1, -0.05) is 30.3 Å². The highest BCUT2D eigenvalue weighted by Crippen LogP contribution is 2.30. The highest BCUT2D eigenvalue weighted by Gasteiger charge is 2.05. The number of hydrogen-bond acceptors (Lipinski definition) is 3. The van der Waals surface area contributed by atoms with E-state index in [9.17, 15) is 0 Å². The molecule has 0 bridgehead atoms. The molecule has 0 radical (unpaired) electrons. The van der Waals surface area contributed by atoms with Crippen molar-refractivity contribution in [1.82, 2.24) is 4.98 Å². The van der Waals surface area contributed by atoms with Crippen LogP contribution in [0.1, 0.15) is 11.4 Å². The summed E-state index contributed by atoms with van der Waals surface area (Å²) in [5.41, 5.74) is 8.67. The fraction of sp³-hybridized carbons (Fsp3) is 0.118. The Kier molecular flexibility index (Phi) is 3.25. The summed E-state index contributed by atoms with van der Waals surface area (Å²) in [6.45, 7) is 2.43. The van der Waals surface area contributed by atoms with Gasteiger partial charge in [0.25, 0.3) is 0 Å². The second-order valence-corrected chi connectivity index (χ2v) is 4.76. The van der Waals surface area contributed by atoms with Crippen molar-refractivity contribution in [1.29, 1.82) is 0 Å². The average molecular weight is 264 g/mol. The summed E-state index contributed by atoms with van der Waals surface area (Å²) in [6.07, 6.45) is 0. The van der Waals surface area contributed by atoms with Gasteiger partial charge in [-0.3, -0.25) is 4.98 Å². The summed E-state index contributed by atoms with van der Waals surface area (Å²) >= 11 is 0. The topological polar surface area (TPSA) is 48.1 Å². The molecule has 3 heteroatoms. The molecule has 0 saturated heterocycles. The number of rotatable bonds is 3. The molecule has 3 nitrogen and oxygen atoms in total. The molecule has 0 aliphatic rings. The monoisotopic (exact) mass is 264 g/mol. The van der Waals surface area contributed by atoms with E-state index in [0.29, 0.717) is 6.61 Å². The maximum Gasteiger partial charge on any atom is 0.130 e. The number of nitrogens with two attached hydrogens (primary N) is 1. The molecule has 0 saturated carbocycles. The number of ether oxygens (including phenoxy) is 1. The molecule has 0 unspecified atom stereocenters. The molecule has 3 rings (SSSR count). The van der Waals surface area contributed by atoms with Crippen LogP contribution in [-0.2, 0) is 6.61 Å². The number of anilines is 1. The van der Waals surface area contributed by atoms with Crippen molar-refractivity contribution in [2.24, 2.45) is 0 Å². The zero-order valence-corrected chi connectivity index (χ0v) is 11.3. The predicted octanol–water partition coefficient (Wildman–Crippen LogP) is 3.70. The standard InChI is InChI=1S/C17H16N2O/c1-12-5-4-6-13(19-12)11-20-17-10-9-16(18)14-7-2-3-8-15(14)17/h2-10H,11,18H2,1H3. The van der Waals surface area contributed by atoms with Crippen molar-refractivity contribution in [2.75, 3.05) is 5.73 Å². The number of hydrogen-bond donors (Lipinski definition) is 1. The van der Waals surface area contributed by atoms with E-state index in [1.165, 1.54) is 0 Å². The Hall–Kier alpha value is -2.55. The molecule has 2 aromatic carbocycles. The molecule has 100 valence electrons. The summed E-state index contributed by atoms with van der Waals surface area (Å²) in [7, 11) is 0. The van der Waals surface area contributed by atoms with E-state index in [2.05, 4.69) is 4.98 Å². The van der Waals surface area contributed by atoms with E-state index in [0.717, 1.165) is 33.6 Å². The number of pyridine rings is 1. The van der Waals surface area contributed by atoms with Gasteiger partial charge in [0.2, 0.25) is 0 Å². The third kappa shape index (κ3) is 2.43. The Balaban J connectivity index is 1.90. The number of nitrogen functional groups attached to an aromatic ring is 1. The Morgan fingerprint density at radius 1 is 0.950 bits per heavy atom. The van der Waals surface area contributed by atoms with Gasteiger partial charge in [0.15, 0.2) is 0 Å². The predicted molar refractivity (Wildman–Crippen MR) is 81.7 cm³/mol. The fourth-order valence-corrected chi connectivity index (χ4v) is 2.25. The van der Waals surface area contributed by atoms with Gasteiger partial charge in [-0.2, -0.15) is 0 Å². The summed E-state index contributed by atoms with van der Waals surface area (Å²) in [5.74, 6) is 0.832. The SMILES string of the molecule is Cc1cccc(COc2ccc(N)c3ccccc23)n1. The van der Waals surface area contributed by atoms with Crippen LogP contribution in [0.25, 0.3) is 10.8 Å². The molecule has 0 aliphatic carbocycles. The van der Waals surface area contributed by atoms with Crippen molar-refractivity contribution < 1.29 is 4.74 Å². The van der Waals surface area contributed by atoms with Crippen LogP contribution >= 0.6 is 0 Å².